The summed E-state index contributed by atoms with van der Waals surface area (Å²) in [6.45, 7) is 6.06. The molecule has 1 aromatic heterocycles. The van der Waals surface area contributed by atoms with E-state index < -0.39 is 0 Å². The molecule has 2 heteroatoms. The molecule has 0 aromatic carbocycles. The van der Waals surface area contributed by atoms with Crippen LogP contribution in [-0.4, -0.2) is 29.5 Å². The van der Waals surface area contributed by atoms with Gasteiger partial charge in [0.15, 0.2) is 0 Å². The van der Waals surface area contributed by atoms with E-state index in [2.05, 4.69) is 28.9 Å². The van der Waals surface area contributed by atoms with Crippen molar-refractivity contribution < 1.29 is 0 Å². The summed E-state index contributed by atoms with van der Waals surface area (Å²) >= 11 is 0. The van der Waals surface area contributed by atoms with Crippen molar-refractivity contribution in [2.75, 3.05) is 19.6 Å². The van der Waals surface area contributed by atoms with E-state index in [0.717, 1.165) is 12.8 Å². The number of pyridine rings is 1. The maximum atomic E-state index is 4.43. The summed E-state index contributed by atoms with van der Waals surface area (Å²) in [6, 6.07) is 4.37. The maximum Gasteiger partial charge on any atom is 0.0406 e. The number of hydrogen-bond acceptors (Lipinski definition) is 2. The first-order valence-electron chi connectivity index (χ1n) is 6.54. The lowest BCUT2D eigenvalue weighted by molar-refractivity contribution is 0.333. The van der Waals surface area contributed by atoms with E-state index in [1.54, 1.807) is 0 Å². The second kappa shape index (κ2) is 6.00. The molecule has 2 rings (SSSR count). The number of nitrogens with zero attached hydrogens (tertiary/aromatic N) is 2. The van der Waals surface area contributed by atoms with Crippen LogP contribution in [0.2, 0.25) is 0 Å². The highest BCUT2D eigenvalue weighted by Crippen LogP contribution is 2.10. The highest BCUT2D eigenvalue weighted by Gasteiger charge is 2.10. The average Bonchev–Trinajstić information content (AvgIpc) is 2.82. The molecule has 0 atom stereocenters. The van der Waals surface area contributed by atoms with Crippen LogP contribution >= 0.6 is 0 Å². The van der Waals surface area contributed by atoms with Gasteiger partial charge < -0.3 is 4.90 Å². The molecule has 0 spiro atoms. The van der Waals surface area contributed by atoms with Crippen LogP contribution < -0.4 is 0 Å². The van der Waals surface area contributed by atoms with Crippen molar-refractivity contribution >= 4 is 0 Å². The van der Waals surface area contributed by atoms with Crippen molar-refractivity contribution in [1.82, 2.24) is 9.88 Å². The lowest BCUT2D eigenvalue weighted by Crippen LogP contribution is -2.20. The van der Waals surface area contributed by atoms with Gasteiger partial charge in [0, 0.05) is 11.9 Å². The Labute approximate surface area is 98.7 Å². The summed E-state index contributed by atoms with van der Waals surface area (Å²) in [4.78, 5) is 7.01. The number of aromatic nitrogens is 1. The fraction of sp³-hybridized carbons (Fsp3) is 0.643. The predicted octanol–water partition coefficient (Wildman–Crippen LogP) is 2.67. The summed E-state index contributed by atoms with van der Waals surface area (Å²) in [5.74, 6) is 0. The molecular weight excluding hydrogens is 196 g/mol. The third-order valence-corrected chi connectivity index (χ3v) is 3.40. The topological polar surface area (TPSA) is 16.1 Å². The van der Waals surface area contributed by atoms with E-state index >= 15 is 0 Å². The molecule has 0 unspecified atom stereocenters. The molecule has 88 valence electrons. The predicted molar refractivity (Wildman–Crippen MR) is 67.6 cm³/mol. The Kier molecular flexibility index (Phi) is 4.34. The SMILES string of the molecule is CCc1ccnc(CCCN2CCCC2)c1. The van der Waals surface area contributed by atoms with Gasteiger partial charge in [-0.3, -0.25) is 4.98 Å². The molecule has 1 aliphatic rings. The normalized spacial score (nSPS) is 16.8. The van der Waals surface area contributed by atoms with Gasteiger partial charge in [-0.1, -0.05) is 6.92 Å². The number of hydrogen-bond donors (Lipinski definition) is 0. The van der Waals surface area contributed by atoms with Gasteiger partial charge in [-0.05, 0) is 69.4 Å². The summed E-state index contributed by atoms with van der Waals surface area (Å²) in [6.07, 6.45) is 8.23. The molecular formula is C14H22N2. The molecule has 1 saturated heterocycles. The third-order valence-electron chi connectivity index (χ3n) is 3.40. The average molecular weight is 218 g/mol. The van der Waals surface area contributed by atoms with E-state index in [1.165, 1.54) is 50.2 Å². The fourth-order valence-electron chi connectivity index (χ4n) is 2.37. The Balaban J connectivity index is 1.75. The molecule has 2 nitrogen and oxygen atoms in total. The van der Waals surface area contributed by atoms with Gasteiger partial charge in [0.1, 0.15) is 0 Å². The van der Waals surface area contributed by atoms with Crippen LogP contribution in [0.4, 0.5) is 0 Å². The number of aryl methyl sites for hydroxylation is 2. The summed E-state index contributed by atoms with van der Waals surface area (Å²) < 4.78 is 0. The minimum absolute atomic E-state index is 1.11. The first-order valence-corrected chi connectivity index (χ1v) is 6.54. The Morgan fingerprint density at radius 2 is 2.12 bits per heavy atom. The molecule has 0 amide bonds. The Morgan fingerprint density at radius 1 is 1.31 bits per heavy atom. The molecule has 1 fully saturated rings. The van der Waals surface area contributed by atoms with E-state index in [0.29, 0.717) is 0 Å². The minimum Gasteiger partial charge on any atom is -0.303 e. The number of likely N-dealkylation sites (tertiary alicyclic amines) is 1. The van der Waals surface area contributed by atoms with E-state index in [9.17, 15) is 0 Å². The zero-order valence-electron chi connectivity index (χ0n) is 10.3. The van der Waals surface area contributed by atoms with Crippen LogP contribution in [0.3, 0.4) is 0 Å². The van der Waals surface area contributed by atoms with Gasteiger partial charge in [-0.15, -0.1) is 0 Å². The molecule has 2 heterocycles. The molecule has 0 bridgehead atoms. The fourth-order valence-corrected chi connectivity index (χ4v) is 2.37. The van der Waals surface area contributed by atoms with Crippen molar-refractivity contribution in [2.45, 2.75) is 39.0 Å². The second-order valence-electron chi connectivity index (χ2n) is 4.66. The molecule has 1 aromatic rings. The van der Waals surface area contributed by atoms with E-state index in [4.69, 9.17) is 0 Å². The first kappa shape index (κ1) is 11.6. The molecule has 0 radical (unpaired) electrons. The van der Waals surface area contributed by atoms with Crippen molar-refractivity contribution in [2.24, 2.45) is 0 Å². The van der Waals surface area contributed by atoms with Crippen molar-refractivity contribution in [3.05, 3.63) is 29.6 Å². The Bertz CT molecular complexity index is 316. The van der Waals surface area contributed by atoms with E-state index in [-0.39, 0.29) is 0 Å². The lowest BCUT2D eigenvalue weighted by atomic mass is 10.1. The largest absolute Gasteiger partial charge is 0.303 e. The van der Waals surface area contributed by atoms with Gasteiger partial charge in [-0.2, -0.15) is 0 Å². The third kappa shape index (κ3) is 3.31. The molecule has 0 aliphatic carbocycles. The maximum absolute atomic E-state index is 4.43. The van der Waals surface area contributed by atoms with Crippen LogP contribution in [0.15, 0.2) is 18.3 Å². The van der Waals surface area contributed by atoms with Gasteiger partial charge in [0.2, 0.25) is 0 Å². The highest BCUT2D eigenvalue weighted by atomic mass is 15.1. The summed E-state index contributed by atoms with van der Waals surface area (Å²) in [5, 5.41) is 0. The van der Waals surface area contributed by atoms with Crippen molar-refractivity contribution in [1.29, 1.82) is 0 Å². The zero-order valence-corrected chi connectivity index (χ0v) is 10.3. The van der Waals surface area contributed by atoms with Crippen molar-refractivity contribution in [3.63, 3.8) is 0 Å². The van der Waals surface area contributed by atoms with Gasteiger partial charge in [0.25, 0.3) is 0 Å². The van der Waals surface area contributed by atoms with Crippen LogP contribution in [0.1, 0.15) is 37.4 Å². The van der Waals surface area contributed by atoms with Gasteiger partial charge in [0.05, 0.1) is 0 Å². The standard InChI is InChI=1S/C14H22N2/c1-2-13-7-8-15-14(12-13)6-5-11-16-9-3-4-10-16/h7-8,12H,2-6,9-11H2,1H3. The quantitative estimate of drug-likeness (QED) is 0.755. The molecule has 0 saturated carbocycles. The molecule has 0 N–H and O–H groups in total. The van der Waals surface area contributed by atoms with Crippen LogP contribution in [0.5, 0.6) is 0 Å². The lowest BCUT2D eigenvalue weighted by Gasteiger charge is -2.13. The Hall–Kier alpha value is -0.890. The van der Waals surface area contributed by atoms with Crippen LogP contribution in [0, 0.1) is 0 Å². The minimum atomic E-state index is 1.11. The van der Waals surface area contributed by atoms with Crippen LogP contribution in [-0.2, 0) is 12.8 Å². The smallest absolute Gasteiger partial charge is 0.0406 e. The van der Waals surface area contributed by atoms with E-state index in [1.807, 2.05) is 6.20 Å². The van der Waals surface area contributed by atoms with Crippen molar-refractivity contribution in [3.8, 4) is 0 Å². The monoisotopic (exact) mass is 218 g/mol. The van der Waals surface area contributed by atoms with Gasteiger partial charge in [-0.25, -0.2) is 0 Å². The molecule has 16 heavy (non-hydrogen) atoms. The summed E-state index contributed by atoms with van der Waals surface area (Å²) in [7, 11) is 0. The Morgan fingerprint density at radius 3 is 2.88 bits per heavy atom. The van der Waals surface area contributed by atoms with Gasteiger partial charge >= 0.3 is 0 Å². The van der Waals surface area contributed by atoms with Crippen LogP contribution in [0.25, 0.3) is 0 Å². The second-order valence-corrected chi connectivity index (χ2v) is 4.66. The summed E-state index contributed by atoms with van der Waals surface area (Å²) in [5.41, 5.74) is 2.67. The molecule has 1 aliphatic heterocycles. The zero-order chi connectivity index (χ0) is 11.2. The highest BCUT2D eigenvalue weighted by molar-refractivity contribution is 5.16. The number of rotatable bonds is 5. The first-order chi connectivity index (χ1) is 7.88.